The van der Waals surface area contributed by atoms with Gasteiger partial charge in [-0.2, -0.15) is 0 Å². The van der Waals surface area contributed by atoms with Crippen molar-refractivity contribution >= 4 is 5.78 Å². The van der Waals surface area contributed by atoms with Crippen LogP contribution in [-0.4, -0.2) is 84.6 Å². The number of Topliss-reactive ketones (excluding diaryl/α,β-unsaturated/α-hetero) is 1. The average Bonchev–Trinajstić information content (AvgIpc) is 2.92. The van der Waals surface area contributed by atoms with Crippen molar-refractivity contribution in [1.29, 1.82) is 0 Å². The molecule has 0 spiro atoms. The van der Waals surface area contributed by atoms with Crippen molar-refractivity contribution in [2.24, 2.45) is 0 Å². The van der Waals surface area contributed by atoms with Gasteiger partial charge in [0, 0.05) is 47.8 Å². The minimum Gasteiger partial charge on any atom is -0.385 e. The van der Waals surface area contributed by atoms with E-state index in [0.717, 1.165) is 26.4 Å². The van der Waals surface area contributed by atoms with E-state index in [9.17, 15) is 4.79 Å². The molecule has 0 aliphatic carbocycles. The zero-order valence-electron chi connectivity index (χ0n) is 31.6. The van der Waals surface area contributed by atoms with Crippen LogP contribution in [0.4, 0.5) is 0 Å². The third-order valence-corrected chi connectivity index (χ3v) is 4.69. The second-order valence-electron chi connectivity index (χ2n) is 10.9. The van der Waals surface area contributed by atoms with Gasteiger partial charge in [0.15, 0.2) is 5.78 Å². The van der Waals surface area contributed by atoms with Gasteiger partial charge in [0.25, 0.3) is 0 Å². The van der Waals surface area contributed by atoms with Gasteiger partial charge in [0.2, 0.25) is 0 Å². The lowest BCUT2D eigenvalue weighted by molar-refractivity contribution is -0.122. The van der Waals surface area contributed by atoms with Gasteiger partial charge in [0.05, 0.1) is 24.4 Å². The molecule has 42 heavy (non-hydrogen) atoms. The molecule has 0 fully saturated rings. The summed E-state index contributed by atoms with van der Waals surface area (Å²) < 4.78 is 29.8. The van der Waals surface area contributed by atoms with Crippen LogP contribution in [0.3, 0.4) is 0 Å². The van der Waals surface area contributed by atoms with Crippen molar-refractivity contribution in [2.45, 2.75) is 172 Å². The van der Waals surface area contributed by atoms with Gasteiger partial charge >= 0.3 is 0 Å². The predicted octanol–water partition coefficient (Wildman–Crippen LogP) is 9.72. The summed E-state index contributed by atoms with van der Waals surface area (Å²) in [6.07, 6.45) is 12.8. The molecule has 0 aromatic rings. The summed E-state index contributed by atoms with van der Waals surface area (Å²) in [5, 5.41) is 0. The predicted molar refractivity (Wildman–Crippen MR) is 184 cm³/mol. The molecule has 0 radical (unpaired) electrons. The highest BCUT2D eigenvalue weighted by atomic mass is 16.5. The molecule has 0 aliphatic rings. The molecule has 0 saturated heterocycles. The summed E-state index contributed by atoms with van der Waals surface area (Å²) in [4.78, 5) is 10.2. The Kier molecular flexibility index (Phi) is 68.1. The summed E-state index contributed by atoms with van der Waals surface area (Å²) in [6, 6.07) is 0. The molecule has 0 aliphatic heterocycles. The van der Waals surface area contributed by atoms with Crippen molar-refractivity contribution < 1.29 is 33.2 Å². The molecule has 0 atom stereocenters. The Labute approximate surface area is 265 Å². The fourth-order valence-corrected chi connectivity index (χ4v) is 2.25. The van der Waals surface area contributed by atoms with Gasteiger partial charge in [-0.25, -0.2) is 0 Å². The molecular formula is C35H80O7. The molecule has 0 bridgehead atoms. The molecule has 0 amide bonds. The second-order valence-corrected chi connectivity index (χ2v) is 10.9. The van der Waals surface area contributed by atoms with Crippen LogP contribution in [0, 0.1) is 0 Å². The lowest BCUT2D eigenvalue weighted by Gasteiger charge is -2.04. The maximum atomic E-state index is 10.2. The minimum absolute atomic E-state index is 0.0821. The molecule has 0 rings (SSSR count). The van der Waals surface area contributed by atoms with Crippen LogP contribution >= 0.6 is 0 Å². The van der Waals surface area contributed by atoms with Gasteiger partial charge in [-0.05, 0) is 88.5 Å². The topological polar surface area (TPSA) is 72.5 Å². The van der Waals surface area contributed by atoms with Crippen LogP contribution in [0.15, 0.2) is 0 Å². The quantitative estimate of drug-likeness (QED) is 0.134. The van der Waals surface area contributed by atoms with Crippen molar-refractivity contribution in [3.8, 4) is 0 Å². The van der Waals surface area contributed by atoms with E-state index < -0.39 is 0 Å². The first-order valence-electron chi connectivity index (χ1n) is 16.6. The van der Waals surface area contributed by atoms with E-state index in [1.54, 1.807) is 21.3 Å². The monoisotopic (exact) mass is 613 g/mol. The van der Waals surface area contributed by atoms with E-state index in [-0.39, 0.29) is 18.5 Å². The lowest BCUT2D eigenvalue weighted by Crippen LogP contribution is -2.09. The summed E-state index contributed by atoms with van der Waals surface area (Å²) in [7, 11) is 5.20. The maximum Gasteiger partial charge on any atom is 0.155 e. The molecule has 0 aromatic heterocycles. The number of rotatable bonds is 19. The van der Waals surface area contributed by atoms with E-state index in [4.69, 9.17) is 28.4 Å². The molecule has 0 heterocycles. The largest absolute Gasteiger partial charge is 0.385 e. The lowest BCUT2D eigenvalue weighted by atomic mass is 10.2. The third kappa shape index (κ3) is 106. The first kappa shape index (κ1) is 53.9. The van der Waals surface area contributed by atoms with Crippen molar-refractivity contribution in [1.82, 2.24) is 0 Å². The number of methoxy groups -OCH3 is 3. The smallest absolute Gasteiger partial charge is 0.155 e. The highest BCUT2D eigenvalue weighted by molar-refractivity contribution is 5.76. The minimum atomic E-state index is 0.0821. The zero-order chi connectivity index (χ0) is 34.0. The number of unbranched alkanes of at least 4 members (excludes halogenated alkanes) is 6. The number of ether oxygens (including phenoxy) is 6. The number of carbonyl (C=O) groups excluding carboxylic acids is 1. The van der Waals surface area contributed by atoms with Crippen LogP contribution < -0.4 is 0 Å². The normalized spacial score (nSPS) is 9.90. The van der Waals surface area contributed by atoms with E-state index >= 15 is 0 Å². The number of carbonyl (C=O) groups is 1. The fourth-order valence-electron chi connectivity index (χ4n) is 2.25. The van der Waals surface area contributed by atoms with Gasteiger partial charge in [-0.15, -0.1) is 0 Å². The van der Waals surface area contributed by atoms with Gasteiger partial charge in [0.1, 0.15) is 6.61 Å². The van der Waals surface area contributed by atoms with Crippen molar-refractivity contribution in [3.05, 3.63) is 0 Å². The van der Waals surface area contributed by atoms with Crippen LogP contribution in [0.25, 0.3) is 0 Å². The molecule has 0 saturated carbocycles. The average molecular weight is 613 g/mol. The van der Waals surface area contributed by atoms with Gasteiger partial charge in [-0.3, -0.25) is 4.79 Å². The number of ketones is 1. The first-order valence-corrected chi connectivity index (χ1v) is 16.6. The van der Waals surface area contributed by atoms with Crippen LogP contribution in [0.5, 0.6) is 0 Å². The molecular weight excluding hydrogens is 532 g/mol. The Bertz CT molecular complexity index is 404. The summed E-state index contributed by atoms with van der Waals surface area (Å²) in [5.74, 6) is 0.0821. The van der Waals surface area contributed by atoms with E-state index in [1.165, 1.54) is 64.7 Å². The van der Waals surface area contributed by atoms with E-state index in [1.807, 2.05) is 48.5 Å². The first-order chi connectivity index (χ1) is 19.8. The standard InChI is InChI=1S/2C7H16O.C6H12O2.C6H14O.C5H12O.C4H10O/c1-4-5-6-8-7(2)3;1-3-4-5-6-7-8-2;1-5(2)8-4-6(3)7;1-3-4-5-6-7-2;1-4-6-5(2)3;1-4(2)5-3/h7H,4-6H2,1-3H3;3-7H2,1-2H3;5H,4H2,1-3H3;3-6H2,1-2H3;5H,4H2,1-3H3;4H,1-3H3. The van der Waals surface area contributed by atoms with E-state index in [0.29, 0.717) is 18.3 Å². The Morgan fingerprint density at radius 2 is 0.881 bits per heavy atom. The van der Waals surface area contributed by atoms with Crippen LogP contribution in [0.2, 0.25) is 0 Å². The van der Waals surface area contributed by atoms with Crippen LogP contribution in [-0.2, 0) is 33.2 Å². The second kappa shape index (κ2) is 53.0. The summed E-state index contributed by atoms with van der Waals surface area (Å²) >= 11 is 0. The molecule has 7 heteroatoms. The Morgan fingerprint density at radius 3 is 1.12 bits per heavy atom. The Morgan fingerprint density at radius 1 is 0.500 bits per heavy atom. The highest BCUT2D eigenvalue weighted by Gasteiger charge is 1.94. The molecule has 262 valence electrons. The van der Waals surface area contributed by atoms with Gasteiger partial charge < -0.3 is 28.4 Å². The van der Waals surface area contributed by atoms with Gasteiger partial charge in [-0.1, -0.05) is 59.3 Å². The highest BCUT2D eigenvalue weighted by Crippen LogP contribution is 1.97. The van der Waals surface area contributed by atoms with Crippen molar-refractivity contribution in [3.63, 3.8) is 0 Å². The number of hydrogen-bond acceptors (Lipinski definition) is 7. The third-order valence-electron chi connectivity index (χ3n) is 4.69. The van der Waals surface area contributed by atoms with Crippen LogP contribution in [0.1, 0.15) is 148 Å². The van der Waals surface area contributed by atoms with Crippen molar-refractivity contribution in [2.75, 3.05) is 54.4 Å². The SMILES string of the molecule is CC(=O)COC(C)C.CCCCCCOC.CCCCCOC.CCCCOC(C)C.CCOC(C)C.COC(C)C. The summed E-state index contributed by atoms with van der Waals surface area (Å²) in [5.41, 5.74) is 0. The maximum absolute atomic E-state index is 10.2. The summed E-state index contributed by atoms with van der Waals surface area (Å²) in [6.45, 7) is 30.0. The molecule has 0 aromatic carbocycles. The molecule has 7 nitrogen and oxygen atoms in total. The Hall–Kier alpha value is -0.570. The number of hydrogen-bond donors (Lipinski definition) is 0. The van der Waals surface area contributed by atoms with E-state index in [2.05, 4.69) is 34.6 Å². The molecule has 0 unspecified atom stereocenters. The fraction of sp³-hybridized carbons (Fsp3) is 0.971. The Balaban J connectivity index is -0.0000000932. The zero-order valence-corrected chi connectivity index (χ0v) is 31.6. The molecule has 0 N–H and O–H groups in total.